The van der Waals surface area contributed by atoms with Crippen LogP contribution < -0.4 is 0 Å². The number of allylic oxidation sites excluding steroid dienone is 3. The summed E-state index contributed by atoms with van der Waals surface area (Å²) in [7, 11) is 0. The van der Waals surface area contributed by atoms with E-state index in [0.29, 0.717) is 12.0 Å². The summed E-state index contributed by atoms with van der Waals surface area (Å²) in [5, 5.41) is 0. The average Bonchev–Trinajstić information content (AvgIpc) is 2.04. The van der Waals surface area contributed by atoms with E-state index in [1.54, 1.807) is 6.92 Å². The third-order valence-electron chi connectivity index (χ3n) is 1.49. The molecule has 0 aromatic heterocycles. The number of rotatable bonds is 4. The van der Waals surface area contributed by atoms with Crippen LogP contribution in [0.4, 0.5) is 8.78 Å². The summed E-state index contributed by atoms with van der Waals surface area (Å²) in [5.74, 6) is 0. The predicted molar refractivity (Wildman–Crippen MR) is 47.7 cm³/mol. The first-order valence-electron chi connectivity index (χ1n) is 3.76. The second kappa shape index (κ2) is 5.63. The molecule has 3 heteroatoms. The number of aliphatic imine (C=N–C) groups is 1. The smallest absolute Gasteiger partial charge is 0.255 e. The second-order valence-electron chi connectivity index (χ2n) is 2.33. The molecule has 0 aromatic rings. The van der Waals surface area contributed by atoms with Crippen molar-refractivity contribution in [2.24, 2.45) is 4.99 Å². The van der Waals surface area contributed by atoms with Gasteiger partial charge >= 0.3 is 0 Å². The quantitative estimate of drug-likeness (QED) is 0.579. The van der Waals surface area contributed by atoms with Crippen molar-refractivity contribution in [1.29, 1.82) is 0 Å². The van der Waals surface area contributed by atoms with Crippen LogP contribution in [0.1, 0.15) is 20.3 Å². The summed E-state index contributed by atoms with van der Waals surface area (Å²) in [6.45, 7) is 6.84. The molecule has 0 aliphatic carbocycles. The van der Waals surface area contributed by atoms with Gasteiger partial charge in [0.15, 0.2) is 0 Å². The van der Waals surface area contributed by atoms with E-state index >= 15 is 0 Å². The van der Waals surface area contributed by atoms with Crippen molar-refractivity contribution in [1.82, 2.24) is 0 Å². The van der Waals surface area contributed by atoms with Crippen LogP contribution in [0.2, 0.25) is 0 Å². The monoisotopic (exact) mass is 173 g/mol. The maximum Gasteiger partial charge on any atom is 0.280 e. The standard InChI is InChI=1S/C9H13F2N/c1-4-6-12-8(9(10)11)7(3)5-2/h4,6,9H,1,5H2,2-3H3/b8-7+,12-6?. The molecule has 0 saturated carbocycles. The van der Waals surface area contributed by atoms with E-state index in [9.17, 15) is 8.78 Å². The van der Waals surface area contributed by atoms with Crippen molar-refractivity contribution >= 4 is 6.21 Å². The van der Waals surface area contributed by atoms with Gasteiger partial charge in [0.1, 0.15) is 5.70 Å². The lowest BCUT2D eigenvalue weighted by molar-refractivity contribution is 0.186. The molecule has 68 valence electrons. The van der Waals surface area contributed by atoms with E-state index in [1.807, 2.05) is 6.92 Å². The molecule has 0 rings (SSSR count). The van der Waals surface area contributed by atoms with Gasteiger partial charge in [0.2, 0.25) is 0 Å². The maximum absolute atomic E-state index is 12.3. The summed E-state index contributed by atoms with van der Waals surface area (Å²) in [5.41, 5.74) is 0.473. The summed E-state index contributed by atoms with van der Waals surface area (Å²) in [4.78, 5) is 3.60. The predicted octanol–water partition coefficient (Wildman–Crippen LogP) is 3.19. The van der Waals surface area contributed by atoms with Gasteiger partial charge in [-0.05, 0) is 18.9 Å². The minimum absolute atomic E-state index is 0.141. The van der Waals surface area contributed by atoms with Crippen LogP contribution >= 0.6 is 0 Å². The molecule has 0 radical (unpaired) electrons. The van der Waals surface area contributed by atoms with E-state index in [1.165, 1.54) is 12.3 Å². The van der Waals surface area contributed by atoms with E-state index < -0.39 is 6.43 Å². The first-order chi connectivity index (χ1) is 5.63. The zero-order chi connectivity index (χ0) is 9.56. The molecule has 0 saturated heterocycles. The van der Waals surface area contributed by atoms with Crippen LogP contribution in [0, 0.1) is 0 Å². The zero-order valence-electron chi connectivity index (χ0n) is 7.35. The minimum atomic E-state index is -2.50. The maximum atomic E-state index is 12.3. The molecule has 0 aromatic carbocycles. The van der Waals surface area contributed by atoms with Crippen LogP contribution in [0.25, 0.3) is 0 Å². The Hall–Kier alpha value is -0.990. The SMILES string of the molecule is C=CC=N/C(=C(\C)CC)C(F)F. The first kappa shape index (κ1) is 11.0. The lowest BCUT2D eigenvalue weighted by atomic mass is 10.2. The number of alkyl halides is 2. The highest BCUT2D eigenvalue weighted by Crippen LogP contribution is 2.16. The van der Waals surface area contributed by atoms with Gasteiger partial charge in [-0.2, -0.15) is 0 Å². The van der Waals surface area contributed by atoms with Crippen molar-refractivity contribution in [3.63, 3.8) is 0 Å². The van der Waals surface area contributed by atoms with Crippen molar-refractivity contribution in [2.75, 3.05) is 0 Å². The Morgan fingerprint density at radius 2 is 2.17 bits per heavy atom. The van der Waals surface area contributed by atoms with Crippen LogP contribution in [0.5, 0.6) is 0 Å². The number of hydrogen-bond donors (Lipinski definition) is 0. The summed E-state index contributed by atoms with van der Waals surface area (Å²) >= 11 is 0. The first-order valence-corrected chi connectivity index (χ1v) is 3.76. The number of hydrogen-bond acceptors (Lipinski definition) is 1. The van der Waals surface area contributed by atoms with Gasteiger partial charge in [-0.15, -0.1) is 0 Å². The molecule has 0 heterocycles. The topological polar surface area (TPSA) is 12.4 Å². The normalized spacial score (nSPS) is 13.8. The van der Waals surface area contributed by atoms with Crippen LogP contribution in [0.3, 0.4) is 0 Å². The Kier molecular flexibility index (Phi) is 5.17. The Bertz CT molecular complexity index is 205. The van der Waals surface area contributed by atoms with Crippen molar-refractivity contribution in [2.45, 2.75) is 26.7 Å². The fourth-order valence-electron chi connectivity index (χ4n) is 0.667. The largest absolute Gasteiger partial charge is 0.280 e. The molecule has 0 aliphatic rings. The van der Waals surface area contributed by atoms with E-state index in [4.69, 9.17) is 0 Å². The Labute approximate surface area is 71.5 Å². The highest BCUT2D eigenvalue weighted by atomic mass is 19.3. The average molecular weight is 173 g/mol. The third kappa shape index (κ3) is 3.42. The molecule has 0 spiro atoms. The number of halogens is 2. The van der Waals surface area contributed by atoms with Crippen LogP contribution in [0.15, 0.2) is 28.9 Å². The molecule has 0 aliphatic heterocycles. The summed E-state index contributed by atoms with van der Waals surface area (Å²) < 4.78 is 24.5. The van der Waals surface area contributed by atoms with Crippen LogP contribution in [-0.2, 0) is 0 Å². The van der Waals surface area contributed by atoms with Crippen molar-refractivity contribution in [3.05, 3.63) is 23.9 Å². The molecule has 0 bridgehead atoms. The molecule has 1 nitrogen and oxygen atoms in total. The molecular formula is C9H13F2N. The van der Waals surface area contributed by atoms with Gasteiger partial charge in [0.05, 0.1) is 0 Å². The highest BCUT2D eigenvalue weighted by Gasteiger charge is 2.11. The van der Waals surface area contributed by atoms with E-state index in [0.717, 1.165) is 0 Å². The minimum Gasteiger partial charge on any atom is -0.255 e. The Morgan fingerprint density at radius 1 is 1.58 bits per heavy atom. The molecule has 0 amide bonds. The fourth-order valence-corrected chi connectivity index (χ4v) is 0.667. The van der Waals surface area contributed by atoms with Crippen molar-refractivity contribution in [3.8, 4) is 0 Å². The Morgan fingerprint density at radius 3 is 2.50 bits per heavy atom. The van der Waals surface area contributed by atoms with Crippen molar-refractivity contribution < 1.29 is 8.78 Å². The molecule has 12 heavy (non-hydrogen) atoms. The van der Waals surface area contributed by atoms with Crippen LogP contribution in [-0.4, -0.2) is 12.6 Å². The summed E-state index contributed by atoms with van der Waals surface area (Å²) in [6, 6.07) is 0. The van der Waals surface area contributed by atoms with Gasteiger partial charge in [0, 0.05) is 6.21 Å². The van der Waals surface area contributed by atoms with Gasteiger partial charge in [-0.3, -0.25) is 4.99 Å². The van der Waals surface area contributed by atoms with E-state index in [2.05, 4.69) is 11.6 Å². The molecule has 0 fully saturated rings. The van der Waals surface area contributed by atoms with Gasteiger partial charge in [0.25, 0.3) is 6.43 Å². The lowest BCUT2D eigenvalue weighted by Gasteiger charge is -2.03. The number of nitrogens with zero attached hydrogens (tertiary/aromatic N) is 1. The molecule has 0 unspecified atom stereocenters. The lowest BCUT2D eigenvalue weighted by Crippen LogP contribution is -1.97. The zero-order valence-corrected chi connectivity index (χ0v) is 7.35. The highest BCUT2D eigenvalue weighted by molar-refractivity contribution is 5.71. The van der Waals surface area contributed by atoms with Gasteiger partial charge < -0.3 is 0 Å². The van der Waals surface area contributed by atoms with E-state index in [-0.39, 0.29) is 5.70 Å². The Balaban J connectivity index is 4.65. The van der Waals surface area contributed by atoms with Gasteiger partial charge in [-0.1, -0.05) is 19.6 Å². The molecule has 0 atom stereocenters. The molecule has 0 N–H and O–H groups in total. The second-order valence-corrected chi connectivity index (χ2v) is 2.33. The summed E-state index contributed by atoms with van der Waals surface area (Å²) in [6.07, 6.45) is 0.751. The fraction of sp³-hybridized carbons (Fsp3) is 0.444. The molecular weight excluding hydrogens is 160 g/mol. The van der Waals surface area contributed by atoms with Gasteiger partial charge in [-0.25, -0.2) is 8.78 Å². The third-order valence-corrected chi connectivity index (χ3v) is 1.49.